The molecule has 4 nitrogen and oxygen atoms in total. The van der Waals surface area contributed by atoms with Gasteiger partial charge >= 0.3 is 5.76 Å². The molecule has 106 valence electrons. The highest BCUT2D eigenvalue weighted by Crippen LogP contribution is 2.29. The Balaban J connectivity index is 2.26. The lowest BCUT2D eigenvalue weighted by Gasteiger charge is -2.24. The first-order valence-electron chi connectivity index (χ1n) is 6.00. The highest BCUT2D eigenvalue weighted by Gasteiger charge is 2.30. The van der Waals surface area contributed by atoms with Crippen molar-refractivity contribution in [1.29, 1.82) is 0 Å². The van der Waals surface area contributed by atoms with E-state index < -0.39 is 20.5 Å². The normalized spacial score (nSPS) is 17.6. The standard InChI is InChI=1S/C12H15F2NO3S/c13-12(14)19(16,17)11-4-2-1-3-10(11)18-9-5-7-15-8-6-9/h1-4,9,12,15H,5-8H2. The van der Waals surface area contributed by atoms with Crippen LogP contribution in [0, 0.1) is 0 Å². The molecule has 0 aliphatic carbocycles. The Morgan fingerprint density at radius 3 is 2.47 bits per heavy atom. The number of halogens is 2. The number of nitrogens with one attached hydrogen (secondary N) is 1. The second kappa shape index (κ2) is 5.83. The van der Waals surface area contributed by atoms with Crippen molar-refractivity contribution < 1.29 is 21.9 Å². The van der Waals surface area contributed by atoms with Gasteiger partial charge in [-0.3, -0.25) is 0 Å². The number of sulfone groups is 1. The molecule has 1 aromatic rings. The quantitative estimate of drug-likeness (QED) is 0.919. The minimum atomic E-state index is -4.63. The lowest BCUT2D eigenvalue weighted by molar-refractivity contribution is 0.157. The third-order valence-corrected chi connectivity index (χ3v) is 4.39. The molecule has 0 atom stereocenters. The topological polar surface area (TPSA) is 55.4 Å². The molecular weight excluding hydrogens is 276 g/mol. The van der Waals surface area contributed by atoms with Crippen LogP contribution >= 0.6 is 0 Å². The molecule has 0 unspecified atom stereocenters. The van der Waals surface area contributed by atoms with Crippen LogP contribution in [-0.4, -0.2) is 33.4 Å². The van der Waals surface area contributed by atoms with Gasteiger partial charge in [0.2, 0.25) is 9.84 Å². The van der Waals surface area contributed by atoms with E-state index in [2.05, 4.69) is 5.32 Å². The molecule has 0 aromatic heterocycles. The fourth-order valence-corrected chi connectivity index (χ4v) is 2.83. The van der Waals surface area contributed by atoms with Crippen molar-refractivity contribution in [3.05, 3.63) is 24.3 Å². The fraction of sp³-hybridized carbons (Fsp3) is 0.500. The molecule has 1 aliphatic heterocycles. The molecule has 7 heteroatoms. The summed E-state index contributed by atoms with van der Waals surface area (Å²) in [5.74, 6) is -3.43. The number of para-hydroxylation sites is 1. The Labute approximate surface area is 110 Å². The molecule has 0 spiro atoms. The van der Waals surface area contributed by atoms with Crippen LogP contribution in [0.3, 0.4) is 0 Å². The molecule has 0 amide bonds. The highest BCUT2D eigenvalue weighted by molar-refractivity contribution is 7.91. The van der Waals surface area contributed by atoms with Crippen LogP contribution in [0.1, 0.15) is 12.8 Å². The Hall–Kier alpha value is -1.21. The second-order valence-corrected chi connectivity index (χ2v) is 6.21. The van der Waals surface area contributed by atoms with Crippen LogP contribution in [0.4, 0.5) is 8.78 Å². The Kier molecular flexibility index (Phi) is 4.36. The Bertz CT molecular complexity index is 528. The summed E-state index contributed by atoms with van der Waals surface area (Å²) in [6.07, 6.45) is 1.31. The van der Waals surface area contributed by atoms with Gasteiger partial charge in [-0.15, -0.1) is 0 Å². The van der Waals surface area contributed by atoms with E-state index in [1.807, 2.05) is 0 Å². The number of ether oxygens (including phenoxy) is 1. The van der Waals surface area contributed by atoms with E-state index in [9.17, 15) is 17.2 Å². The van der Waals surface area contributed by atoms with E-state index in [4.69, 9.17) is 4.74 Å². The average Bonchev–Trinajstić information content (AvgIpc) is 2.40. The minimum Gasteiger partial charge on any atom is -0.489 e. The molecule has 1 saturated heterocycles. The van der Waals surface area contributed by atoms with Crippen molar-refractivity contribution in [3.8, 4) is 5.75 Å². The fourth-order valence-electron chi connectivity index (χ4n) is 1.97. The van der Waals surface area contributed by atoms with Crippen molar-refractivity contribution >= 4 is 9.84 Å². The molecule has 1 aliphatic rings. The zero-order valence-corrected chi connectivity index (χ0v) is 11.0. The van der Waals surface area contributed by atoms with E-state index in [1.165, 1.54) is 12.1 Å². The zero-order chi connectivity index (χ0) is 13.9. The first-order valence-corrected chi connectivity index (χ1v) is 7.55. The summed E-state index contributed by atoms with van der Waals surface area (Å²) in [5.41, 5.74) is 0. The smallest absolute Gasteiger partial charge is 0.341 e. The predicted octanol–water partition coefficient (Wildman–Crippen LogP) is 1.81. The first-order chi connectivity index (χ1) is 9.01. The predicted molar refractivity (Wildman–Crippen MR) is 66.2 cm³/mol. The van der Waals surface area contributed by atoms with E-state index in [1.54, 1.807) is 6.07 Å². The molecule has 19 heavy (non-hydrogen) atoms. The number of piperidine rings is 1. The molecule has 0 bridgehead atoms. The van der Waals surface area contributed by atoms with Crippen LogP contribution < -0.4 is 10.1 Å². The molecule has 0 radical (unpaired) electrons. The van der Waals surface area contributed by atoms with Crippen LogP contribution in [0.5, 0.6) is 5.75 Å². The van der Waals surface area contributed by atoms with Crippen molar-refractivity contribution in [3.63, 3.8) is 0 Å². The van der Waals surface area contributed by atoms with Crippen molar-refractivity contribution in [2.75, 3.05) is 13.1 Å². The second-order valence-electron chi connectivity index (χ2n) is 4.32. The molecule has 1 N–H and O–H groups in total. The Morgan fingerprint density at radius 1 is 1.21 bits per heavy atom. The van der Waals surface area contributed by atoms with Crippen LogP contribution in [0.15, 0.2) is 29.2 Å². The van der Waals surface area contributed by atoms with Crippen molar-refractivity contribution in [2.45, 2.75) is 29.6 Å². The number of hydrogen-bond acceptors (Lipinski definition) is 4. The van der Waals surface area contributed by atoms with Gasteiger partial charge < -0.3 is 10.1 Å². The molecule has 1 heterocycles. The molecule has 0 saturated carbocycles. The maximum Gasteiger partial charge on any atom is 0.341 e. The summed E-state index contributed by atoms with van der Waals surface area (Å²) >= 11 is 0. The SMILES string of the molecule is O=S(=O)(c1ccccc1OC1CCNCC1)C(F)F. The third-order valence-electron chi connectivity index (χ3n) is 2.97. The molecular formula is C12H15F2NO3S. The summed E-state index contributed by atoms with van der Waals surface area (Å²) in [4.78, 5) is -0.441. The summed E-state index contributed by atoms with van der Waals surface area (Å²) in [7, 11) is -4.63. The molecule has 1 fully saturated rings. The van der Waals surface area contributed by atoms with E-state index in [-0.39, 0.29) is 11.9 Å². The average molecular weight is 291 g/mol. The zero-order valence-electron chi connectivity index (χ0n) is 10.2. The van der Waals surface area contributed by atoms with E-state index in [0.717, 1.165) is 32.0 Å². The monoisotopic (exact) mass is 291 g/mol. The summed E-state index contributed by atoms with van der Waals surface area (Å²) < 4.78 is 53.9. The number of rotatable bonds is 4. The highest BCUT2D eigenvalue weighted by atomic mass is 32.2. The van der Waals surface area contributed by atoms with Gasteiger partial charge in [-0.05, 0) is 38.1 Å². The Morgan fingerprint density at radius 2 is 1.84 bits per heavy atom. The summed E-state index contributed by atoms with van der Waals surface area (Å²) in [6, 6.07) is 5.54. The van der Waals surface area contributed by atoms with Gasteiger partial charge in [-0.2, -0.15) is 8.78 Å². The maximum absolute atomic E-state index is 12.6. The minimum absolute atomic E-state index is 0.00898. The molecule has 2 rings (SSSR count). The summed E-state index contributed by atoms with van der Waals surface area (Å²) in [6.45, 7) is 1.54. The van der Waals surface area contributed by atoms with Crippen LogP contribution in [0.25, 0.3) is 0 Å². The van der Waals surface area contributed by atoms with Gasteiger partial charge in [0, 0.05) is 0 Å². The van der Waals surface area contributed by atoms with Crippen LogP contribution in [-0.2, 0) is 9.84 Å². The van der Waals surface area contributed by atoms with E-state index in [0.29, 0.717) is 0 Å². The molecule has 1 aromatic carbocycles. The third kappa shape index (κ3) is 3.22. The van der Waals surface area contributed by atoms with Gasteiger partial charge in [0.1, 0.15) is 16.7 Å². The van der Waals surface area contributed by atoms with Crippen molar-refractivity contribution in [1.82, 2.24) is 5.32 Å². The first kappa shape index (κ1) is 14.2. The number of benzene rings is 1. The number of hydrogen-bond donors (Lipinski definition) is 1. The van der Waals surface area contributed by atoms with Gasteiger partial charge in [0.25, 0.3) is 0 Å². The number of alkyl halides is 2. The van der Waals surface area contributed by atoms with Crippen molar-refractivity contribution in [2.24, 2.45) is 0 Å². The van der Waals surface area contributed by atoms with Gasteiger partial charge in [-0.25, -0.2) is 8.42 Å². The van der Waals surface area contributed by atoms with Crippen LogP contribution in [0.2, 0.25) is 0 Å². The van der Waals surface area contributed by atoms with Gasteiger partial charge in [-0.1, -0.05) is 12.1 Å². The van der Waals surface area contributed by atoms with Gasteiger partial charge in [0.15, 0.2) is 0 Å². The van der Waals surface area contributed by atoms with E-state index >= 15 is 0 Å². The van der Waals surface area contributed by atoms with Gasteiger partial charge in [0.05, 0.1) is 0 Å². The lowest BCUT2D eigenvalue weighted by atomic mass is 10.1. The maximum atomic E-state index is 12.6. The summed E-state index contributed by atoms with van der Waals surface area (Å²) in [5, 5.41) is 3.15. The lowest BCUT2D eigenvalue weighted by Crippen LogP contribution is -2.34. The largest absolute Gasteiger partial charge is 0.489 e.